The van der Waals surface area contributed by atoms with Crippen molar-refractivity contribution in [2.75, 3.05) is 32.8 Å². The van der Waals surface area contributed by atoms with Crippen molar-refractivity contribution in [2.24, 2.45) is 0 Å². The van der Waals surface area contributed by atoms with Crippen molar-refractivity contribution in [1.29, 1.82) is 0 Å². The standard InChI is InChI=1S/C23H26N4O/c1-18-7-9-19(10-8-18)22-17-27-21-6-3-2-5-20(21)24-23(27)26(22)12-4-11-25-13-15-28-16-14-25/h2-3,5-10,17H,4,11-16H2,1H3/p+2. The van der Waals surface area contributed by atoms with Crippen molar-refractivity contribution >= 4 is 16.8 Å². The molecule has 0 spiro atoms. The molecule has 3 heterocycles. The summed E-state index contributed by atoms with van der Waals surface area (Å²) in [5, 5.41) is 0. The van der Waals surface area contributed by atoms with Crippen molar-refractivity contribution in [2.45, 2.75) is 19.9 Å². The number of morpholine rings is 1. The number of nitrogens with one attached hydrogen (secondary N) is 2. The van der Waals surface area contributed by atoms with Gasteiger partial charge in [-0.05, 0) is 19.1 Å². The van der Waals surface area contributed by atoms with Crippen molar-refractivity contribution in [3.63, 3.8) is 0 Å². The van der Waals surface area contributed by atoms with E-state index in [0.717, 1.165) is 45.0 Å². The van der Waals surface area contributed by atoms with Crippen molar-refractivity contribution in [3.8, 4) is 11.3 Å². The van der Waals surface area contributed by atoms with Crippen LogP contribution in [0.25, 0.3) is 28.1 Å². The van der Waals surface area contributed by atoms with Crippen LogP contribution in [0.3, 0.4) is 0 Å². The lowest BCUT2D eigenvalue weighted by Gasteiger charge is -2.23. The van der Waals surface area contributed by atoms with Crippen LogP contribution in [-0.4, -0.2) is 42.4 Å². The molecule has 0 amide bonds. The predicted molar refractivity (Wildman–Crippen MR) is 111 cm³/mol. The summed E-state index contributed by atoms with van der Waals surface area (Å²) in [5.74, 6) is 1.16. The van der Waals surface area contributed by atoms with Gasteiger partial charge in [-0.25, -0.2) is 9.55 Å². The molecule has 0 saturated carbocycles. The molecule has 5 heteroatoms. The molecular weight excluding hydrogens is 348 g/mol. The fourth-order valence-corrected chi connectivity index (χ4v) is 4.30. The van der Waals surface area contributed by atoms with E-state index in [0.29, 0.717) is 0 Å². The van der Waals surface area contributed by atoms with Gasteiger partial charge in [-0.2, -0.15) is 4.40 Å². The van der Waals surface area contributed by atoms with E-state index in [2.05, 4.69) is 75.6 Å². The van der Waals surface area contributed by atoms with Crippen LogP contribution in [0.2, 0.25) is 0 Å². The maximum absolute atomic E-state index is 5.50. The van der Waals surface area contributed by atoms with E-state index < -0.39 is 0 Å². The van der Waals surface area contributed by atoms with Crippen LogP contribution in [0.15, 0.2) is 54.7 Å². The number of hydrogen-bond acceptors (Lipinski definition) is 1. The molecule has 2 aromatic carbocycles. The van der Waals surface area contributed by atoms with Crippen LogP contribution < -0.4 is 9.30 Å². The van der Waals surface area contributed by atoms with Crippen LogP contribution >= 0.6 is 0 Å². The van der Waals surface area contributed by atoms with E-state index in [1.54, 1.807) is 4.90 Å². The number of para-hydroxylation sites is 2. The van der Waals surface area contributed by atoms with Crippen LogP contribution in [0.4, 0.5) is 0 Å². The lowest BCUT2D eigenvalue weighted by molar-refractivity contribution is -0.908. The zero-order valence-corrected chi connectivity index (χ0v) is 16.4. The van der Waals surface area contributed by atoms with E-state index in [9.17, 15) is 0 Å². The summed E-state index contributed by atoms with van der Waals surface area (Å²) >= 11 is 0. The number of H-pyrrole nitrogens is 1. The third kappa shape index (κ3) is 3.21. The zero-order valence-electron chi connectivity index (χ0n) is 16.4. The number of ether oxygens (including phenoxy) is 1. The molecule has 5 nitrogen and oxygen atoms in total. The Balaban J connectivity index is 1.51. The molecule has 28 heavy (non-hydrogen) atoms. The second kappa shape index (κ2) is 7.41. The lowest BCUT2D eigenvalue weighted by Crippen LogP contribution is -3.14. The smallest absolute Gasteiger partial charge is 0.368 e. The average molecular weight is 377 g/mol. The normalized spacial score (nSPS) is 15.6. The molecule has 1 aliphatic rings. The minimum Gasteiger partial charge on any atom is -0.370 e. The van der Waals surface area contributed by atoms with Gasteiger partial charge in [0.2, 0.25) is 0 Å². The van der Waals surface area contributed by atoms with Gasteiger partial charge >= 0.3 is 5.78 Å². The Labute approximate surface area is 165 Å². The zero-order chi connectivity index (χ0) is 18.9. The third-order valence-electron chi connectivity index (χ3n) is 5.90. The van der Waals surface area contributed by atoms with Gasteiger partial charge in [0.25, 0.3) is 0 Å². The molecule has 0 radical (unpaired) electrons. The maximum Gasteiger partial charge on any atom is 0.368 e. The Hall–Kier alpha value is -2.63. The minimum absolute atomic E-state index is 0.898. The number of aromatic nitrogens is 3. The highest BCUT2D eigenvalue weighted by molar-refractivity contribution is 5.74. The molecule has 0 bridgehead atoms. The second-order valence-corrected chi connectivity index (χ2v) is 7.83. The highest BCUT2D eigenvalue weighted by Gasteiger charge is 2.22. The summed E-state index contributed by atoms with van der Waals surface area (Å²) in [7, 11) is 0. The highest BCUT2D eigenvalue weighted by atomic mass is 16.5. The topological polar surface area (TPSA) is 38.5 Å². The Kier molecular flexibility index (Phi) is 4.63. The molecule has 144 valence electrons. The van der Waals surface area contributed by atoms with Gasteiger partial charge in [0.05, 0.1) is 26.3 Å². The van der Waals surface area contributed by atoms with Gasteiger partial charge in [-0.15, -0.1) is 0 Å². The molecule has 2 aromatic heterocycles. The van der Waals surface area contributed by atoms with Gasteiger partial charge in [0.15, 0.2) is 0 Å². The molecule has 1 fully saturated rings. The Morgan fingerprint density at radius 3 is 2.68 bits per heavy atom. The van der Waals surface area contributed by atoms with E-state index in [4.69, 9.17) is 4.74 Å². The fraction of sp³-hybridized carbons (Fsp3) is 0.348. The van der Waals surface area contributed by atoms with Gasteiger partial charge in [-0.3, -0.25) is 0 Å². The monoisotopic (exact) mass is 376 g/mol. The van der Waals surface area contributed by atoms with E-state index in [1.165, 1.54) is 34.4 Å². The average Bonchev–Trinajstić information content (AvgIpc) is 3.26. The SMILES string of the molecule is Cc1ccc(-c2c[n+]3c4ccccc4[nH]c3n2CCC[NH+]2CCOCC2)cc1. The summed E-state index contributed by atoms with van der Waals surface area (Å²) < 4.78 is 10.2. The second-order valence-electron chi connectivity index (χ2n) is 7.83. The summed E-state index contributed by atoms with van der Waals surface area (Å²) in [6.07, 6.45) is 3.44. The maximum atomic E-state index is 5.50. The van der Waals surface area contributed by atoms with Crippen LogP contribution in [-0.2, 0) is 11.3 Å². The number of aromatic amines is 1. The number of quaternary nitrogens is 1. The fourth-order valence-electron chi connectivity index (χ4n) is 4.30. The molecule has 4 aromatic rings. The molecule has 0 unspecified atom stereocenters. The van der Waals surface area contributed by atoms with E-state index >= 15 is 0 Å². The number of rotatable bonds is 5. The first-order valence-corrected chi connectivity index (χ1v) is 10.3. The van der Waals surface area contributed by atoms with E-state index in [1.807, 2.05) is 0 Å². The Morgan fingerprint density at radius 1 is 1.07 bits per heavy atom. The number of fused-ring (bicyclic) bond motifs is 3. The number of nitrogens with zero attached hydrogens (tertiary/aromatic N) is 2. The summed E-state index contributed by atoms with van der Waals surface area (Å²) in [4.78, 5) is 5.30. The molecule has 2 N–H and O–H groups in total. The third-order valence-corrected chi connectivity index (χ3v) is 5.90. The molecule has 5 rings (SSSR count). The van der Waals surface area contributed by atoms with Crippen LogP contribution in [0.1, 0.15) is 12.0 Å². The van der Waals surface area contributed by atoms with Crippen molar-refractivity contribution in [1.82, 2.24) is 9.55 Å². The number of benzene rings is 2. The quantitative estimate of drug-likeness (QED) is 0.514. The minimum atomic E-state index is 0.898. The first kappa shape index (κ1) is 17.5. The van der Waals surface area contributed by atoms with Gasteiger partial charge in [-0.1, -0.05) is 42.0 Å². The van der Waals surface area contributed by atoms with Crippen LogP contribution in [0.5, 0.6) is 0 Å². The summed E-state index contributed by atoms with van der Waals surface area (Å²) in [5.41, 5.74) is 6.24. The summed E-state index contributed by atoms with van der Waals surface area (Å²) in [6.45, 7) is 8.41. The van der Waals surface area contributed by atoms with Crippen molar-refractivity contribution < 1.29 is 14.0 Å². The first-order chi connectivity index (χ1) is 13.8. The van der Waals surface area contributed by atoms with E-state index in [-0.39, 0.29) is 0 Å². The molecule has 0 aliphatic carbocycles. The lowest BCUT2D eigenvalue weighted by atomic mass is 10.1. The first-order valence-electron chi connectivity index (χ1n) is 10.3. The van der Waals surface area contributed by atoms with Gasteiger partial charge in [0, 0.05) is 12.0 Å². The molecule has 1 aliphatic heterocycles. The Bertz CT molecular complexity index is 1090. The van der Waals surface area contributed by atoms with Crippen molar-refractivity contribution in [3.05, 3.63) is 60.3 Å². The highest BCUT2D eigenvalue weighted by Crippen LogP contribution is 2.23. The largest absolute Gasteiger partial charge is 0.370 e. The Morgan fingerprint density at radius 2 is 1.86 bits per heavy atom. The van der Waals surface area contributed by atoms with Gasteiger partial charge < -0.3 is 9.64 Å². The van der Waals surface area contributed by atoms with Crippen LogP contribution in [0, 0.1) is 6.92 Å². The summed E-state index contributed by atoms with van der Waals surface area (Å²) in [6, 6.07) is 17.4. The number of hydrogen-bond donors (Lipinski definition) is 2. The van der Waals surface area contributed by atoms with Gasteiger partial charge in [0.1, 0.15) is 36.0 Å². The molecular formula is C23H28N4O+2. The number of aryl methyl sites for hydroxylation is 2. The molecule has 1 saturated heterocycles. The number of imidazole rings is 2. The predicted octanol–water partition coefficient (Wildman–Crippen LogP) is 1.99. The molecule has 0 atom stereocenters.